The Morgan fingerprint density at radius 1 is 1.27 bits per heavy atom. The summed E-state index contributed by atoms with van der Waals surface area (Å²) < 4.78 is 1.99. The van der Waals surface area contributed by atoms with Crippen LogP contribution < -0.4 is 4.90 Å². The molecule has 7 heteroatoms. The molecule has 0 aliphatic carbocycles. The van der Waals surface area contributed by atoms with Crippen LogP contribution in [0.5, 0.6) is 0 Å². The minimum absolute atomic E-state index is 0.102. The lowest BCUT2D eigenvalue weighted by Gasteiger charge is -2.17. The maximum absolute atomic E-state index is 12.9. The van der Waals surface area contributed by atoms with E-state index in [2.05, 4.69) is 11.9 Å². The van der Waals surface area contributed by atoms with Gasteiger partial charge >= 0.3 is 0 Å². The van der Waals surface area contributed by atoms with Crippen LogP contribution in [-0.2, 0) is 13.5 Å². The molecule has 0 spiro atoms. The molecule has 7 nitrogen and oxygen atoms in total. The molecule has 1 amide bonds. The highest BCUT2D eigenvalue weighted by molar-refractivity contribution is 6.08. The minimum atomic E-state index is -0.486. The Balaban J connectivity index is 2.00. The molecule has 1 heterocycles. The number of nitro benzene ring substituents is 1. The lowest BCUT2D eigenvalue weighted by molar-refractivity contribution is -0.384. The predicted molar refractivity (Wildman–Crippen MR) is 101 cm³/mol. The van der Waals surface area contributed by atoms with Crippen molar-refractivity contribution in [2.75, 3.05) is 11.9 Å². The number of nitro groups is 1. The third-order valence-electron chi connectivity index (χ3n) is 4.44. The fourth-order valence-corrected chi connectivity index (χ4v) is 3.03. The summed E-state index contributed by atoms with van der Waals surface area (Å²) in [6, 6.07) is 11.5. The van der Waals surface area contributed by atoms with Gasteiger partial charge in [0.1, 0.15) is 11.5 Å². The number of rotatable bonds is 5. The summed E-state index contributed by atoms with van der Waals surface area (Å²) >= 11 is 0. The SMILES string of the molecule is CCCc1nc2ccc(C(=O)N(C)c3ccccc3[N+](=O)[O-])cc2n1C. The van der Waals surface area contributed by atoms with E-state index in [0.717, 1.165) is 29.7 Å². The number of para-hydroxylation sites is 2. The molecule has 0 aliphatic heterocycles. The zero-order valence-corrected chi connectivity index (χ0v) is 15.0. The van der Waals surface area contributed by atoms with Gasteiger partial charge in [-0.05, 0) is 30.7 Å². The van der Waals surface area contributed by atoms with Crippen molar-refractivity contribution < 1.29 is 9.72 Å². The molecule has 0 unspecified atom stereocenters. The van der Waals surface area contributed by atoms with E-state index >= 15 is 0 Å². The molecule has 0 saturated heterocycles. The summed E-state index contributed by atoms with van der Waals surface area (Å²) in [6.07, 6.45) is 1.86. The van der Waals surface area contributed by atoms with Crippen LogP contribution in [0.4, 0.5) is 11.4 Å². The Hall–Kier alpha value is -3.22. The van der Waals surface area contributed by atoms with E-state index in [-0.39, 0.29) is 17.3 Å². The van der Waals surface area contributed by atoms with Gasteiger partial charge in [-0.2, -0.15) is 0 Å². The second kappa shape index (κ2) is 6.95. The second-order valence-electron chi connectivity index (χ2n) is 6.15. The second-order valence-corrected chi connectivity index (χ2v) is 6.15. The van der Waals surface area contributed by atoms with Gasteiger partial charge in [0.2, 0.25) is 0 Å². The third kappa shape index (κ3) is 3.03. The smallest absolute Gasteiger partial charge is 0.292 e. The number of fused-ring (bicyclic) bond motifs is 1. The number of hydrogen-bond acceptors (Lipinski definition) is 4. The maximum atomic E-state index is 12.9. The van der Waals surface area contributed by atoms with Gasteiger partial charge < -0.3 is 9.47 Å². The van der Waals surface area contributed by atoms with E-state index in [0.29, 0.717) is 5.56 Å². The molecule has 0 radical (unpaired) electrons. The Morgan fingerprint density at radius 3 is 2.69 bits per heavy atom. The number of carbonyl (C=O) groups is 1. The van der Waals surface area contributed by atoms with Crippen LogP contribution in [0.15, 0.2) is 42.5 Å². The average molecular weight is 352 g/mol. The van der Waals surface area contributed by atoms with E-state index < -0.39 is 4.92 Å². The quantitative estimate of drug-likeness (QED) is 0.518. The Labute approximate surface area is 151 Å². The van der Waals surface area contributed by atoms with Crippen LogP contribution in [0.25, 0.3) is 11.0 Å². The Morgan fingerprint density at radius 2 is 2.00 bits per heavy atom. The Kier molecular flexibility index (Phi) is 4.71. The zero-order valence-electron chi connectivity index (χ0n) is 15.0. The first kappa shape index (κ1) is 17.6. The molecule has 0 atom stereocenters. The number of imidazole rings is 1. The number of aryl methyl sites for hydroxylation is 2. The third-order valence-corrected chi connectivity index (χ3v) is 4.44. The van der Waals surface area contributed by atoms with Gasteiger partial charge in [0.25, 0.3) is 11.6 Å². The zero-order chi connectivity index (χ0) is 18.8. The average Bonchev–Trinajstić information content (AvgIpc) is 2.96. The van der Waals surface area contributed by atoms with Gasteiger partial charge in [-0.3, -0.25) is 14.9 Å². The molecule has 1 aromatic heterocycles. The van der Waals surface area contributed by atoms with Gasteiger partial charge in [0, 0.05) is 32.1 Å². The maximum Gasteiger partial charge on any atom is 0.292 e. The molecule has 0 aliphatic rings. The molecular formula is C19H20N4O3. The number of carbonyl (C=O) groups excluding carboxylic acids is 1. The van der Waals surface area contributed by atoms with Crippen molar-refractivity contribution in [2.24, 2.45) is 7.05 Å². The summed E-state index contributed by atoms with van der Waals surface area (Å²) in [5.74, 6) is 0.665. The van der Waals surface area contributed by atoms with Crippen LogP contribution >= 0.6 is 0 Å². The summed E-state index contributed by atoms with van der Waals surface area (Å²) in [4.78, 5) is 29.5. The van der Waals surface area contributed by atoms with Crippen LogP contribution in [0.1, 0.15) is 29.5 Å². The normalized spacial score (nSPS) is 10.9. The van der Waals surface area contributed by atoms with Crippen molar-refractivity contribution in [2.45, 2.75) is 19.8 Å². The molecular weight excluding hydrogens is 332 g/mol. The lowest BCUT2D eigenvalue weighted by atomic mass is 10.1. The van der Waals surface area contributed by atoms with Crippen molar-refractivity contribution in [1.29, 1.82) is 0 Å². The van der Waals surface area contributed by atoms with Crippen LogP contribution in [-0.4, -0.2) is 27.4 Å². The minimum Gasteiger partial charge on any atom is -0.331 e. The van der Waals surface area contributed by atoms with Gasteiger partial charge in [-0.15, -0.1) is 0 Å². The van der Waals surface area contributed by atoms with Gasteiger partial charge in [0.05, 0.1) is 16.0 Å². The summed E-state index contributed by atoms with van der Waals surface area (Å²) in [6.45, 7) is 2.09. The summed E-state index contributed by atoms with van der Waals surface area (Å²) in [5, 5.41) is 11.2. The van der Waals surface area contributed by atoms with Crippen LogP contribution in [0, 0.1) is 10.1 Å². The van der Waals surface area contributed by atoms with Gasteiger partial charge in [-0.1, -0.05) is 19.1 Å². The topological polar surface area (TPSA) is 81.3 Å². The Bertz CT molecular complexity index is 994. The predicted octanol–water partition coefficient (Wildman–Crippen LogP) is 3.71. The lowest BCUT2D eigenvalue weighted by Crippen LogP contribution is -2.26. The first-order valence-electron chi connectivity index (χ1n) is 8.40. The molecule has 2 aromatic carbocycles. The largest absolute Gasteiger partial charge is 0.331 e. The highest BCUT2D eigenvalue weighted by atomic mass is 16.6. The molecule has 26 heavy (non-hydrogen) atoms. The number of aromatic nitrogens is 2. The molecule has 0 N–H and O–H groups in total. The van der Waals surface area contributed by atoms with Crippen molar-refractivity contribution in [3.05, 3.63) is 64.0 Å². The number of nitrogens with zero attached hydrogens (tertiary/aromatic N) is 4. The number of hydrogen-bond donors (Lipinski definition) is 0. The van der Waals surface area contributed by atoms with E-state index in [1.807, 2.05) is 17.7 Å². The van der Waals surface area contributed by atoms with E-state index in [1.165, 1.54) is 11.0 Å². The van der Waals surface area contributed by atoms with Crippen molar-refractivity contribution >= 4 is 28.3 Å². The summed E-state index contributed by atoms with van der Waals surface area (Å²) in [7, 11) is 3.47. The monoisotopic (exact) mass is 352 g/mol. The highest BCUT2D eigenvalue weighted by Gasteiger charge is 2.22. The number of anilines is 1. The highest BCUT2D eigenvalue weighted by Crippen LogP contribution is 2.28. The molecule has 0 fully saturated rings. The molecule has 3 aromatic rings. The number of benzene rings is 2. The first-order valence-corrected chi connectivity index (χ1v) is 8.40. The first-order chi connectivity index (χ1) is 12.4. The molecule has 3 rings (SSSR count). The van der Waals surface area contributed by atoms with Crippen molar-refractivity contribution in [1.82, 2.24) is 9.55 Å². The van der Waals surface area contributed by atoms with Crippen molar-refractivity contribution in [3.63, 3.8) is 0 Å². The van der Waals surface area contributed by atoms with Gasteiger partial charge in [-0.25, -0.2) is 4.98 Å². The molecule has 0 bridgehead atoms. The van der Waals surface area contributed by atoms with Gasteiger partial charge in [0.15, 0.2) is 0 Å². The standard InChI is InChI=1S/C19H20N4O3/c1-4-7-18-20-14-11-10-13(12-17(14)21(18)2)19(24)22(3)15-8-5-6-9-16(15)23(25)26/h5-6,8-12H,4,7H2,1-3H3. The fraction of sp³-hybridized carbons (Fsp3) is 0.263. The fourth-order valence-electron chi connectivity index (χ4n) is 3.03. The summed E-state index contributed by atoms with van der Waals surface area (Å²) in [5.41, 5.74) is 2.33. The number of amides is 1. The van der Waals surface area contributed by atoms with Crippen LogP contribution in [0.2, 0.25) is 0 Å². The van der Waals surface area contributed by atoms with E-state index in [9.17, 15) is 14.9 Å². The molecule has 134 valence electrons. The van der Waals surface area contributed by atoms with Crippen molar-refractivity contribution in [3.8, 4) is 0 Å². The van der Waals surface area contributed by atoms with Crippen LogP contribution in [0.3, 0.4) is 0 Å². The molecule has 0 saturated carbocycles. The van der Waals surface area contributed by atoms with E-state index in [1.54, 1.807) is 37.4 Å². The van der Waals surface area contributed by atoms with E-state index in [4.69, 9.17) is 0 Å².